The number of benzene rings is 4. The Kier molecular flexibility index (Phi) is 10.5. The van der Waals surface area contributed by atoms with Crippen molar-refractivity contribution in [2.45, 2.75) is 26.0 Å². The van der Waals surface area contributed by atoms with Crippen LogP contribution in [0.5, 0.6) is 11.5 Å². The number of nitrogens with one attached hydrogen (secondary N) is 2. The predicted molar refractivity (Wildman–Crippen MR) is 160 cm³/mol. The fourth-order valence-corrected chi connectivity index (χ4v) is 4.18. The van der Waals surface area contributed by atoms with Gasteiger partial charge in [-0.25, -0.2) is 5.43 Å². The standard InChI is InChI=1S/C32H30BrN3O4/c1-2-39-30-19-24(15-18-29(30)40-22-23-13-16-27(33)17-14-23)21-34-36-31(37)20-28(25-9-5-3-6-10-25)35-32(38)26-11-7-4-8-12-26/h3-19,21,28H,2,20,22H2,1H3,(H,35,38)(H,36,37)/b34-21-/t28-/m0/s1. The fourth-order valence-electron chi connectivity index (χ4n) is 3.91. The molecule has 0 bridgehead atoms. The highest BCUT2D eigenvalue weighted by Gasteiger charge is 2.19. The minimum atomic E-state index is -0.518. The topological polar surface area (TPSA) is 89.0 Å². The summed E-state index contributed by atoms with van der Waals surface area (Å²) in [7, 11) is 0. The van der Waals surface area contributed by atoms with E-state index in [4.69, 9.17) is 9.47 Å². The van der Waals surface area contributed by atoms with Crippen molar-refractivity contribution in [1.82, 2.24) is 10.7 Å². The molecule has 0 aliphatic rings. The van der Waals surface area contributed by atoms with Crippen LogP contribution in [0, 0.1) is 0 Å². The molecular formula is C32H30BrN3O4. The summed E-state index contributed by atoms with van der Waals surface area (Å²) in [6.07, 6.45) is 1.56. The first kappa shape index (κ1) is 28.6. The summed E-state index contributed by atoms with van der Waals surface area (Å²) in [4.78, 5) is 25.5. The third-order valence-corrected chi connectivity index (χ3v) is 6.44. The van der Waals surface area contributed by atoms with Gasteiger partial charge < -0.3 is 14.8 Å². The van der Waals surface area contributed by atoms with Crippen LogP contribution in [0.1, 0.15) is 46.4 Å². The summed E-state index contributed by atoms with van der Waals surface area (Å²) < 4.78 is 12.7. The zero-order valence-corrected chi connectivity index (χ0v) is 23.6. The number of hydrogen-bond donors (Lipinski definition) is 2. The molecule has 8 heteroatoms. The first-order valence-corrected chi connectivity index (χ1v) is 13.7. The summed E-state index contributed by atoms with van der Waals surface area (Å²) in [6.45, 7) is 2.78. The largest absolute Gasteiger partial charge is 0.490 e. The molecule has 0 unspecified atom stereocenters. The minimum Gasteiger partial charge on any atom is -0.490 e. The molecule has 7 nitrogen and oxygen atoms in total. The molecule has 4 aromatic carbocycles. The number of carbonyl (C=O) groups excluding carboxylic acids is 2. The summed E-state index contributed by atoms with van der Waals surface area (Å²) in [5.74, 6) is 0.614. The highest BCUT2D eigenvalue weighted by atomic mass is 79.9. The van der Waals surface area contributed by atoms with E-state index in [0.29, 0.717) is 30.3 Å². The van der Waals surface area contributed by atoms with Crippen molar-refractivity contribution in [1.29, 1.82) is 0 Å². The van der Waals surface area contributed by atoms with Crippen LogP contribution in [0.2, 0.25) is 0 Å². The lowest BCUT2D eigenvalue weighted by Crippen LogP contribution is -2.32. The lowest BCUT2D eigenvalue weighted by atomic mass is 10.0. The molecule has 0 spiro atoms. The predicted octanol–water partition coefficient (Wildman–Crippen LogP) is 6.44. The van der Waals surface area contributed by atoms with Crippen molar-refractivity contribution in [2.24, 2.45) is 5.10 Å². The number of amides is 2. The molecule has 40 heavy (non-hydrogen) atoms. The van der Waals surface area contributed by atoms with Crippen molar-refractivity contribution in [3.63, 3.8) is 0 Å². The van der Waals surface area contributed by atoms with Crippen molar-refractivity contribution >= 4 is 34.0 Å². The van der Waals surface area contributed by atoms with Gasteiger partial charge >= 0.3 is 0 Å². The number of ether oxygens (including phenoxy) is 2. The third-order valence-electron chi connectivity index (χ3n) is 5.91. The zero-order valence-electron chi connectivity index (χ0n) is 22.0. The summed E-state index contributed by atoms with van der Waals surface area (Å²) in [5, 5.41) is 7.08. The minimum absolute atomic E-state index is 0.0208. The Balaban J connectivity index is 1.38. The van der Waals surface area contributed by atoms with E-state index in [1.54, 1.807) is 30.5 Å². The molecular weight excluding hydrogens is 570 g/mol. The summed E-state index contributed by atoms with van der Waals surface area (Å²) in [5.41, 5.74) is 5.68. The van der Waals surface area contributed by atoms with Crippen molar-refractivity contribution < 1.29 is 19.1 Å². The zero-order chi connectivity index (χ0) is 28.2. The molecule has 2 N–H and O–H groups in total. The maximum atomic E-state index is 12.8. The molecule has 2 amide bonds. The van der Waals surface area contributed by atoms with Gasteiger partial charge in [0, 0.05) is 10.0 Å². The van der Waals surface area contributed by atoms with Gasteiger partial charge in [0.1, 0.15) is 6.61 Å². The maximum Gasteiger partial charge on any atom is 0.251 e. The fraction of sp³-hybridized carbons (Fsp3) is 0.156. The Hall–Kier alpha value is -4.43. The van der Waals surface area contributed by atoms with E-state index in [0.717, 1.165) is 21.2 Å². The van der Waals surface area contributed by atoms with Crippen LogP contribution in [-0.4, -0.2) is 24.6 Å². The quantitative estimate of drug-likeness (QED) is 0.145. The van der Waals surface area contributed by atoms with Gasteiger partial charge in [-0.05, 0) is 66.1 Å². The Morgan fingerprint density at radius 3 is 2.27 bits per heavy atom. The Morgan fingerprint density at radius 2 is 1.57 bits per heavy atom. The van der Waals surface area contributed by atoms with E-state index in [-0.39, 0.29) is 18.2 Å². The molecule has 0 fully saturated rings. The van der Waals surface area contributed by atoms with Gasteiger partial charge in [-0.3, -0.25) is 9.59 Å². The molecule has 0 aromatic heterocycles. The van der Waals surface area contributed by atoms with Crippen LogP contribution in [0.15, 0.2) is 113 Å². The van der Waals surface area contributed by atoms with Crippen LogP contribution in [0.25, 0.3) is 0 Å². The van der Waals surface area contributed by atoms with E-state index in [9.17, 15) is 9.59 Å². The van der Waals surface area contributed by atoms with Crippen molar-refractivity contribution in [3.8, 4) is 11.5 Å². The molecule has 0 saturated heterocycles. The molecule has 0 heterocycles. The first-order chi connectivity index (χ1) is 19.5. The smallest absolute Gasteiger partial charge is 0.251 e. The van der Waals surface area contributed by atoms with Gasteiger partial charge in [-0.1, -0.05) is 76.6 Å². The molecule has 1 atom stereocenters. The van der Waals surface area contributed by atoms with Gasteiger partial charge in [-0.2, -0.15) is 5.10 Å². The number of hydrazone groups is 1. The van der Waals surface area contributed by atoms with E-state index in [1.165, 1.54) is 0 Å². The van der Waals surface area contributed by atoms with Gasteiger partial charge in [0.15, 0.2) is 11.5 Å². The number of hydrogen-bond acceptors (Lipinski definition) is 5. The number of nitrogens with zero attached hydrogens (tertiary/aromatic N) is 1. The SMILES string of the molecule is CCOc1cc(/C=N\NC(=O)C[C@H](NC(=O)c2ccccc2)c2ccccc2)ccc1OCc1ccc(Br)cc1. The van der Waals surface area contributed by atoms with E-state index in [1.807, 2.05) is 85.8 Å². The second-order valence-electron chi connectivity index (χ2n) is 8.85. The third kappa shape index (κ3) is 8.54. The van der Waals surface area contributed by atoms with Gasteiger partial charge in [-0.15, -0.1) is 0 Å². The number of rotatable bonds is 12. The molecule has 4 rings (SSSR count). The molecule has 4 aromatic rings. The molecule has 204 valence electrons. The molecule has 0 aliphatic heterocycles. The van der Waals surface area contributed by atoms with Crippen LogP contribution in [0.4, 0.5) is 0 Å². The maximum absolute atomic E-state index is 12.8. The van der Waals surface area contributed by atoms with Crippen LogP contribution in [-0.2, 0) is 11.4 Å². The summed E-state index contributed by atoms with van der Waals surface area (Å²) in [6, 6.07) is 31.1. The molecule has 0 saturated carbocycles. The molecule has 0 aliphatic carbocycles. The van der Waals surface area contributed by atoms with E-state index < -0.39 is 6.04 Å². The lowest BCUT2D eigenvalue weighted by molar-refractivity contribution is -0.121. The average Bonchev–Trinajstić information content (AvgIpc) is 2.98. The first-order valence-electron chi connectivity index (χ1n) is 12.9. The van der Waals surface area contributed by atoms with Crippen LogP contribution in [0.3, 0.4) is 0 Å². The van der Waals surface area contributed by atoms with Crippen LogP contribution >= 0.6 is 15.9 Å². The second-order valence-corrected chi connectivity index (χ2v) is 9.77. The second kappa shape index (κ2) is 14.6. The normalized spacial score (nSPS) is 11.6. The Labute approximate surface area is 242 Å². The highest BCUT2D eigenvalue weighted by molar-refractivity contribution is 9.10. The van der Waals surface area contributed by atoms with Gasteiger partial charge in [0.25, 0.3) is 5.91 Å². The average molecular weight is 601 g/mol. The van der Waals surface area contributed by atoms with E-state index in [2.05, 4.69) is 31.8 Å². The van der Waals surface area contributed by atoms with Gasteiger partial charge in [0.2, 0.25) is 5.91 Å². The monoisotopic (exact) mass is 599 g/mol. The van der Waals surface area contributed by atoms with Crippen molar-refractivity contribution in [2.75, 3.05) is 6.61 Å². The van der Waals surface area contributed by atoms with Crippen molar-refractivity contribution in [3.05, 3.63) is 130 Å². The molecule has 0 radical (unpaired) electrons. The van der Waals surface area contributed by atoms with Crippen LogP contribution < -0.4 is 20.2 Å². The van der Waals surface area contributed by atoms with Gasteiger partial charge in [0.05, 0.1) is 25.3 Å². The number of carbonyl (C=O) groups is 2. The lowest BCUT2D eigenvalue weighted by Gasteiger charge is -2.18. The Bertz CT molecular complexity index is 1430. The Morgan fingerprint density at radius 1 is 0.875 bits per heavy atom. The number of halogens is 1. The summed E-state index contributed by atoms with van der Waals surface area (Å²) >= 11 is 3.44. The van der Waals surface area contributed by atoms with E-state index >= 15 is 0 Å². The highest BCUT2D eigenvalue weighted by Crippen LogP contribution is 2.29.